The molecule has 16 heavy (non-hydrogen) atoms. The molecule has 0 spiro atoms. The highest BCUT2D eigenvalue weighted by Gasteiger charge is 2.23. The molecule has 3 rings (SSSR count). The third-order valence-corrected chi connectivity index (χ3v) is 5.13. The Labute approximate surface area is 107 Å². The molecule has 2 aromatic heterocycles. The third kappa shape index (κ3) is 1.57. The molecule has 0 bridgehead atoms. The van der Waals surface area contributed by atoms with Gasteiger partial charge in [-0.2, -0.15) is 0 Å². The van der Waals surface area contributed by atoms with Gasteiger partial charge >= 0.3 is 0 Å². The minimum absolute atomic E-state index is 0.643. The van der Waals surface area contributed by atoms with Crippen molar-refractivity contribution < 1.29 is 4.90 Å². The van der Waals surface area contributed by atoms with Crippen LogP contribution < -0.4 is 10.6 Å². The molecule has 6 heteroatoms. The van der Waals surface area contributed by atoms with Gasteiger partial charge in [-0.25, -0.2) is 4.98 Å². The van der Waals surface area contributed by atoms with Gasteiger partial charge in [0.15, 0.2) is 3.95 Å². The van der Waals surface area contributed by atoms with Gasteiger partial charge in [0.2, 0.25) is 0 Å². The van der Waals surface area contributed by atoms with E-state index < -0.39 is 0 Å². The van der Waals surface area contributed by atoms with E-state index in [-0.39, 0.29) is 0 Å². The Balaban J connectivity index is 2.33. The second kappa shape index (κ2) is 3.73. The van der Waals surface area contributed by atoms with Gasteiger partial charge in [0.1, 0.15) is 11.4 Å². The number of fused-ring (bicyclic) bond motifs is 3. The number of aromatic nitrogens is 1. The van der Waals surface area contributed by atoms with Gasteiger partial charge in [-0.15, -0.1) is 11.3 Å². The topological polar surface area (TPSA) is 43.4 Å². The smallest absolute Gasteiger partial charge is 0.183 e. The average molecular weight is 270 g/mol. The summed E-state index contributed by atoms with van der Waals surface area (Å²) in [7, 11) is 2.23. The quantitative estimate of drug-likeness (QED) is 0.708. The highest BCUT2D eigenvalue weighted by molar-refractivity contribution is 7.73. The van der Waals surface area contributed by atoms with Gasteiger partial charge in [-0.3, -0.25) is 0 Å². The Bertz CT molecular complexity index is 614. The summed E-state index contributed by atoms with van der Waals surface area (Å²) in [6, 6.07) is 0. The lowest BCUT2D eigenvalue weighted by Gasteiger charge is -2.19. The van der Waals surface area contributed by atoms with E-state index in [1.165, 1.54) is 33.7 Å². The Hall–Kier alpha value is -0.560. The van der Waals surface area contributed by atoms with Gasteiger partial charge in [0.05, 0.1) is 23.5 Å². The van der Waals surface area contributed by atoms with Crippen molar-refractivity contribution in [3.63, 3.8) is 0 Å². The number of nitrogens with zero attached hydrogens (tertiary/aromatic N) is 1. The number of hydrogen-bond donors (Lipinski definition) is 2. The van der Waals surface area contributed by atoms with Crippen molar-refractivity contribution in [3.8, 4) is 0 Å². The summed E-state index contributed by atoms with van der Waals surface area (Å²) in [4.78, 5) is 8.45. The molecule has 0 aromatic carbocycles. The monoisotopic (exact) mass is 270 g/mol. The van der Waals surface area contributed by atoms with Crippen LogP contribution in [-0.4, -0.2) is 18.6 Å². The molecular formula is C10H12N3S3+. The number of anilines is 1. The molecule has 0 amide bonds. The Kier molecular flexibility index (Phi) is 2.47. The number of nitrogens with one attached hydrogen (secondary N) is 1. The first-order valence-electron chi connectivity index (χ1n) is 5.17. The Morgan fingerprint density at radius 1 is 1.44 bits per heavy atom. The second-order valence-electron chi connectivity index (χ2n) is 4.16. The van der Waals surface area contributed by atoms with Crippen LogP contribution in [0.3, 0.4) is 0 Å². The lowest BCUT2D eigenvalue weighted by Crippen LogP contribution is -3.08. The number of quaternary nitrogens is 1. The largest absolute Gasteiger partial charge is 0.390 e. The van der Waals surface area contributed by atoms with Crippen molar-refractivity contribution >= 4 is 50.1 Å². The van der Waals surface area contributed by atoms with Crippen LogP contribution in [0.15, 0.2) is 0 Å². The zero-order valence-electron chi connectivity index (χ0n) is 8.87. The molecule has 1 aliphatic heterocycles. The van der Waals surface area contributed by atoms with Crippen LogP contribution in [0.1, 0.15) is 10.4 Å². The maximum absolute atomic E-state index is 6.07. The molecule has 84 valence electrons. The molecule has 3 heterocycles. The van der Waals surface area contributed by atoms with Crippen LogP contribution in [0.25, 0.3) is 10.2 Å². The first-order chi connectivity index (χ1) is 7.65. The van der Waals surface area contributed by atoms with Crippen LogP contribution in [0.2, 0.25) is 0 Å². The highest BCUT2D eigenvalue weighted by Crippen LogP contribution is 2.36. The fourth-order valence-corrected chi connectivity index (χ4v) is 4.73. The summed E-state index contributed by atoms with van der Waals surface area (Å²) in [6.45, 7) is 2.27. The van der Waals surface area contributed by atoms with Crippen molar-refractivity contribution in [3.05, 3.63) is 14.4 Å². The van der Waals surface area contributed by atoms with Crippen LogP contribution in [0.4, 0.5) is 5.00 Å². The predicted octanol–water partition coefficient (Wildman–Crippen LogP) is 1.24. The maximum atomic E-state index is 6.07. The minimum atomic E-state index is 0.643. The number of rotatable bonds is 0. The predicted molar refractivity (Wildman–Crippen MR) is 71.9 cm³/mol. The van der Waals surface area contributed by atoms with Crippen LogP contribution >= 0.6 is 34.9 Å². The minimum Gasteiger partial charge on any atom is -0.390 e. The SMILES string of the molecule is C[NH+]1CCc2c(sc3nc(=S)sc(N)c23)C1. The number of nitrogen functional groups attached to an aromatic ring is 1. The zero-order chi connectivity index (χ0) is 11.3. The third-order valence-electron chi connectivity index (χ3n) is 2.97. The van der Waals surface area contributed by atoms with E-state index in [9.17, 15) is 0 Å². The fourth-order valence-electron chi connectivity index (χ4n) is 2.19. The molecule has 0 saturated carbocycles. The Morgan fingerprint density at radius 3 is 3.06 bits per heavy atom. The van der Waals surface area contributed by atoms with Gasteiger partial charge < -0.3 is 10.6 Å². The summed E-state index contributed by atoms with van der Waals surface area (Å²) in [5.41, 5.74) is 7.49. The molecule has 0 saturated heterocycles. The highest BCUT2D eigenvalue weighted by atomic mass is 32.1. The standard InChI is InChI=1S/C10H11N3S3/c1-13-3-2-5-6(4-13)15-9-7(5)8(11)16-10(14)12-9/h2-4,11H2,1H3/p+1. The molecule has 2 aromatic rings. The second-order valence-corrected chi connectivity index (χ2v) is 6.92. The van der Waals surface area contributed by atoms with Crippen molar-refractivity contribution in [2.24, 2.45) is 0 Å². The van der Waals surface area contributed by atoms with E-state index in [1.807, 2.05) is 0 Å². The Morgan fingerprint density at radius 2 is 2.25 bits per heavy atom. The lowest BCUT2D eigenvalue weighted by atomic mass is 10.1. The van der Waals surface area contributed by atoms with Crippen molar-refractivity contribution in [2.45, 2.75) is 13.0 Å². The van der Waals surface area contributed by atoms with E-state index in [0.717, 1.165) is 22.8 Å². The van der Waals surface area contributed by atoms with Crippen molar-refractivity contribution in [2.75, 3.05) is 19.3 Å². The number of thiophene rings is 1. The molecule has 1 aliphatic rings. The molecule has 1 unspecified atom stereocenters. The van der Waals surface area contributed by atoms with Gasteiger partial charge in [0, 0.05) is 11.8 Å². The molecule has 3 N–H and O–H groups in total. The number of likely N-dealkylation sites (N-methyl/N-ethyl adjacent to an activating group) is 1. The number of nitrogens with two attached hydrogens (primary N) is 1. The molecule has 1 atom stereocenters. The van der Waals surface area contributed by atoms with E-state index in [0.29, 0.717) is 3.95 Å². The van der Waals surface area contributed by atoms with Crippen molar-refractivity contribution in [1.29, 1.82) is 0 Å². The van der Waals surface area contributed by atoms with Crippen molar-refractivity contribution in [1.82, 2.24) is 4.98 Å². The summed E-state index contributed by atoms with van der Waals surface area (Å²) in [5, 5.41) is 2.01. The summed E-state index contributed by atoms with van der Waals surface area (Å²) < 4.78 is 0.643. The summed E-state index contributed by atoms with van der Waals surface area (Å²) in [5.74, 6) is 0. The first kappa shape index (κ1) is 10.6. The molecule has 0 radical (unpaired) electrons. The van der Waals surface area contributed by atoms with E-state index in [1.54, 1.807) is 16.2 Å². The van der Waals surface area contributed by atoms with Gasteiger partial charge in [0.25, 0.3) is 0 Å². The van der Waals surface area contributed by atoms with Gasteiger partial charge in [-0.1, -0.05) is 11.3 Å². The van der Waals surface area contributed by atoms with Crippen LogP contribution in [0.5, 0.6) is 0 Å². The van der Waals surface area contributed by atoms with E-state index >= 15 is 0 Å². The zero-order valence-corrected chi connectivity index (χ0v) is 11.3. The van der Waals surface area contributed by atoms with E-state index in [4.69, 9.17) is 18.0 Å². The normalized spacial score (nSPS) is 19.9. The molecule has 0 aliphatic carbocycles. The average Bonchev–Trinajstić information content (AvgIpc) is 2.54. The molecule has 0 fully saturated rings. The maximum Gasteiger partial charge on any atom is 0.183 e. The molecule has 3 nitrogen and oxygen atoms in total. The van der Waals surface area contributed by atoms with Crippen LogP contribution in [0, 0.1) is 3.95 Å². The lowest BCUT2D eigenvalue weighted by molar-refractivity contribution is -0.895. The fraction of sp³-hybridized carbons (Fsp3) is 0.400. The van der Waals surface area contributed by atoms with Gasteiger partial charge in [-0.05, 0) is 17.8 Å². The molecular weight excluding hydrogens is 258 g/mol. The van der Waals surface area contributed by atoms with E-state index in [2.05, 4.69) is 12.0 Å². The summed E-state index contributed by atoms with van der Waals surface area (Å²) >= 11 is 8.30. The van der Waals surface area contributed by atoms with Crippen LogP contribution in [-0.2, 0) is 13.0 Å². The summed E-state index contributed by atoms with van der Waals surface area (Å²) in [6.07, 6.45) is 1.11. The number of hydrogen-bond acceptors (Lipinski definition) is 5. The first-order valence-corrected chi connectivity index (χ1v) is 7.21.